The minimum atomic E-state index is 0.104. The monoisotopic (exact) mass is 405 g/mol. The molecule has 0 spiro atoms. The molecule has 2 rings (SSSR count). The highest BCUT2D eigenvalue weighted by Gasteiger charge is 2.20. The van der Waals surface area contributed by atoms with Crippen molar-refractivity contribution in [3.63, 3.8) is 0 Å². The van der Waals surface area contributed by atoms with Gasteiger partial charge < -0.3 is 5.73 Å². The summed E-state index contributed by atoms with van der Waals surface area (Å²) in [5, 5.41) is 0.278. The molecule has 0 bridgehead atoms. The number of hydrogen-bond donors (Lipinski definition) is 1. The van der Waals surface area contributed by atoms with Gasteiger partial charge in [-0.1, -0.05) is 12.1 Å². The van der Waals surface area contributed by atoms with Crippen LogP contribution in [-0.2, 0) is 0 Å². The van der Waals surface area contributed by atoms with Crippen LogP contribution < -0.4 is 5.73 Å². The van der Waals surface area contributed by atoms with E-state index in [0.29, 0.717) is 0 Å². The van der Waals surface area contributed by atoms with Crippen molar-refractivity contribution in [2.24, 2.45) is 5.73 Å². The summed E-state index contributed by atoms with van der Waals surface area (Å²) in [5.74, 6) is 0. The molecule has 2 N–H and O–H groups in total. The number of nitrogens with two attached hydrogens (primary N) is 1. The molecular weight excluding hydrogens is 394 g/mol. The minimum Gasteiger partial charge on any atom is -0.327 e. The van der Waals surface area contributed by atoms with Crippen LogP contribution in [0.5, 0.6) is 0 Å². The Labute approximate surface area is 132 Å². The van der Waals surface area contributed by atoms with Crippen LogP contribution in [0, 0.1) is 0 Å². The van der Waals surface area contributed by atoms with E-state index in [-0.39, 0.29) is 11.3 Å². The van der Waals surface area contributed by atoms with E-state index in [9.17, 15) is 0 Å². The van der Waals surface area contributed by atoms with Gasteiger partial charge in [-0.3, -0.25) is 0 Å². The maximum absolute atomic E-state index is 6.13. The molecule has 18 heavy (non-hydrogen) atoms. The summed E-state index contributed by atoms with van der Waals surface area (Å²) in [4.78, 5) is 2.53. The van der Waals surface area contributed by atoms with Gasteiger partial charge in [0.1, 0.15) is 0 Å². The third kappa shape index (κ3) is 3.61. The molecule has 0 saturated carbocycles. The molecule has 0 aliphatic carbocycles. The summed E-state index contributed by atoms with van der Waals surface area (Å²) in [6, 6.07) is 12.6. The highest BCUT2D eigenvalue weighted by Crippen LogP contribution is 2.43. The lowest BCUT2D eigenvalue weighted by atomic mass is 10.2. The van der Waals surface area contributed by atoms with Gasteiger partial charge in [0.05, 0.1) is 9.04 Å². The van der Waals surface area contributed by atoms with E-state index in [1.54, 1.807) is 11.3 Å². The maximum atomic E-state index is 6.13. The molecule has 96 valence electrons. The lowest BCUT2D eigenvalue weighted by molar-refractivity contribution is 0.730. The van der Waals surface area contributed by atoms with E-state index in [1.165, 1.54) is 9.77 Å². The fourth-order valence-corrected chi connectivity index (χ4v) is 4.98. The van der Waals surface area contributed by atoms with E-state index in [0.717, 1.165) is 8.26 Å². The molecule has 0 amide bonds. The van der Waals surface area contributed by atoms with E-state index < -0.39 is 0 Å². The van der Waals surface area contributed by atoms with Gasteiger partial charge in [-0.2, -0.15) is 0 Å². The van der Waals surface area contributed by atoms with Gasteiger partial charge in [-0.25, -0.2) is 0 Å². The summed E-state index contributed by atoms with van der Waals surface area (Å²) >= 11 is 10.7. The molecule has 0 radical (unpaired) electrons. The first kappa shape index (κ1) is 14.6. The first-order valence-electron chi connectivity index (χ1n) is 5.50. The quantitative estimate of drug-likeness (QED) is 0.682. The Morgan fingerprint density at radius 3 is 2.44 bits per heavy atom. The van der Waals surface area contributed by atoms with Gasteiger partial charge in [-0.05, 0) is 63.0 Å². The number of halogens is 2. The molecule has 0 aliphatic rings. The molecule has 1 aromatic heterocycles. The molecule has 2 atom stereocenters. The van der Waals surface area contributed by atoms with Crippen molar-refractivity contribution in [1.82, 2.24) is 0 Å². The van der Waals surface area contributed by atoms with Crippen LogP contribution >= 0.6 is 55.0 Å². The standard InChI is InChI=1S/C13H13Br2NS2/c1-8(16)13(11-6-7-12(15)17-11)18-10-5-3-2-4-9(10)14/h2-8,13H,16H2,1H3. The van der Waals surface area contributed by atoms with Crippen molar-refractivity contribution in [2.45, 2.75) is 23.1 Å². The Balaban J connectivity index is 2.25. The number of thiophene rings is 1. The maximum Gasteiger partial charge on any atom is 0.0701 e. The van der Waals surface area contributed by atoms with Crippen molar-refractivity contribution in [3.8, 4) is 0 Å². The summed E-state index contributed by atoms with van der Waals surface area (Å²) in [7, 11) is 0. The molecule has 0 saturated heterocycles. The zero-order valence-electron chi connectivity index (χ0n) is 9.77. The first-order valence-corrected chi connectivity index (χ1v) is 8.78. The summed E-state index contributed by atoms with van der Waals surface area (Å²) < 4.78 is 2.27. The first-order chi connectivity index (χ1) is 8.58. The Bertz CT molecular complexity index is 525. The lowest BCUT2D eigenvalue weighted by Crippen LogP contribution is -2.21. The average molecular weight is 407 g/mol. The predicted molar refractivity (Wildman–Crippen MR) is 88.4 cm³/mol. The second-order valence-electron chi connectivity index (χ2n) is 3.97. The molecule has 0 aliphatic heterocycles. The predicted octanol–water partition coefficient (Wildman–Crippen LogP) is 5.45. The second-order valence-corrected chi connectivity index (χ2v) is 8.50. The van der Waals surface area contributed by atoms with Crippen LogP contribution in [0.3, 0.4) is 0 Å². The Morgan fingerprint density at radius 2 is 1.89 bits per heavy atom. The number of hydrogen-bond acceptors (Lipinski definition) is 3. The summed E-state index contributed by atoms with van der Waals surface area (Å²) in [6.45, 7) is 2.06. The summed E-state index contributed by atoms with van der Waals surface area (Å²) in [6.07, 6.45) is 0. The van der Waals surface area contributed by atoms with Crippen molar-refractivity contribution in [3.05, 3.63) is 49.5 Å². The topological polar surface area (TPSA) is 26.0 Å². The van der Waals surface area contributed by atoms with E-state index in [2.05, 4.69) is 69.1 Å². The number of rotatable bonds is 4. The summed E-state index contributed by atoms with van der Waals surface area (Å²) in [5.41, 5.74) is 6.13. The van der Waals surface area contributed by atoms with Crippen LogP contribution in [0.1, 0.15) is 17.1 Å². The minimum absolute atomic E-state index is 0.104. The molecule has 1 nitrogen and oxygen atoms in total. The Kier molecular flexibility index (Phi) is 5.33. The van der Waals surface area contributed by atoms with Gasteiger partial charge in [0.15, 0.2) is 0 Å². The molecule has 2 unspecified atom stereocenters. The van der Waals surface area contributed by atoms with Crippen LogP contribution in [-0.4, -0.2) is 6.04 Å². The zero-order valence-corrected chi connectivity index (χ0v) is 14.6. The van der Waals surface area contributed by atoms with E-state index >= 15 is 0 Å². The molecule has 5 heteroatoms. The van der Waals surface area contributed by atoms with Gasteiger partial charge in [0.2, 0.25) is 0 Å². The largest absolute Gasteiger partial charge is 0.327 e. The van der Waals surface area contributed by atoms with Crippen LogP contribution in [0.4, 0.5) is 0 Å². The highest BCUT2D eigenvalue weighted by molar-refractivity contribution is 9.11. The Morgan fingerprint density at radius 1 is 1.17 bits per heavy atom. The molecule has 2 aromatic rings. The van der Waals surface area contributed by atoms with Crippen LogP contribution in [0.15, 0.2) is 49.6 Å². The normalized spacial score (nSPS) is 14.4. The van der Waals surface area contributed by atoms with Gasteiger partial charge in [0, 0.05) is 20.3 Å². The second kappa shape index (κ2) is 6.57. The molecule has 1 heterocycles. The van der Waals surface area contributed by atoms with Crippen molar-refractivity contribution in [1.29, 1.82) is 0 Å². The number of thioether (sulfide) groups is 1. The smallest absolute Gasteiger partial charge is 0.0701 e. The molecule has 1 aromatic carbocycles. The average Bonchev–Trinajstić information content (AvgIpc) is 2.74. The van der Waals surface area contributed by atoms with Crippen LogP contribution in [0.25, 0.3) is 0 Å². The lowest BCUT2D eigenvalue weighted by Gasteiger charge is -2.19. The Hall–Kier alpha value is 0.190. The van der Waals surface area contributed by atoms with E-state index in [4.69, 9.17) is 5.73 Å². The SMILES string of the molecule is CC(N)C(Sc1ccccc1Br)c1ccc(Br)s1. The zero-order chi connectivity index (χ0) is 13.1. The van der Waals surface area contributed by atoms with Gasteiger partial charge >= 0.3 is 0 Å². The molecular formula is C13H13Br2NS2. The van der Waals surface area contributed by atoms with Crippen LogP contribution in [0.2, 0.25) is 0 Å². The van der Waals surface area contributed by atoms with Crippen molar-refractivity contribution < 1.29 is 0 Å². The van der Waals surface area contributed by atoms with Gasteiger partial charge in [-0.15, -0.1) is 23.1 Å². The molecule has 0 fully saturated rings. The van der Waals surface area contributed by atoms with Crippen molar-refractivity contribution in [2.75, 3.05) is 0 Å². The highest BCUT2D eigenvalue weighted by atomic mass is 79.9. The third-order valence-electron chi connectivity index (χ3n) is 2.44. The third-order valence-corrected chi connectivity index (χ3v) is 6.80. The van der Waals surface area contributed by atoms with Gasteiger partial charge in [0.25, 0.3) is 0 Å². The van der Waals surface area contributed by atoms with Crippen molar-refractivity contribution >= 4 is 55.0 Å². The van der Waals surface area contributed by atoms with E-state index in [1.807, 2.05) is 17.8 Å². The number of benzene rings is 1. The fraction of sp³-hybridized carbons (Fsp3) is 0.231. The fourth-order valence-electron chi connectivity index (χ4n) is 1.58.